The Morgan fingerprint density at radius 2 is 1.42 bits per heavy atom. The number of benzene rings is 3. The second kappa shape index (κ2) is 13.1. The fourth-order valence-corrected chi connectivity index (χ4v) is 3.08. The molecule has 3 aromatic rings. The predicted octanol–water partition coefficient (Wildman–Crippen LogP) is 5.45. The number of ether oxygens (including phenoxy) is 3. The number of hydrogen-bond donors (Lipinski definition) is 2. The molecule has 0 saturated heterocycles. The van der Waals surface area contributed by atoms with Gasteiger partial charge >= 0.3 is 0 Å². The molecule has 0 fully saturated rings. The van der Waals surface area contributed by atoms with Gasteiger partial charge in [0, 0.05) is 17.3 Å². The van der Waals surface area contributed by atoms with Gasteiger partial charge in [0.1, 0.15) is 30.5 Å². The van der Waals surface area contributed by atoms with Crippen LogP contribution in [0.3, 0.4) is 0 Å². The molecular formula is C26H28N2O4S. The average molecular weight is 465 g/mol. The first-order valence-corrected chi connectivity index (χ1v) is 11.3. The van der Waals surface area contributed by atoms with Crippen molar-refractivity contribution < 1.29 is 19.0 Å². The van der Waals surface area contributed by atoms with Crippen LogP contribution < -0.4 is 24.8 Å². The zero-order valence-corrected chi connectivity index (χ0v) is 19.4. The average Bonchev–Trinajstić information content (AvgIpc) is 2.83. The van der Waals surface area contributed by atoms with E-state index in [0.717, 1.165) is 24.3 Å². The second-order valence-electron chi connectivity index (χ2n) is 7.17. The van der Waals surface area contributed by atoms with Crippen molar-refractivity contribution in [1.82, 2.24) is 5.32 Å². The topological polar surface area (TPSA) is 68.8 Å². The highest BCUT2D eigenvalue weighted by molar-refractivity contribution is 7.80. The minimum Gasteiger partial charge on any atom is -0.494 e. The summed E-state index contributed by atoms with van der Waals surface area (Å²) < 4.78 is 17.0. The molecule has 0 aliphatic heterocycles. The van der Waals surface area contributed by atoms with Crippen LogP contribution in [0.4, 0.5) is 5.69 Å². The van der Waals surface area contributed by atoms with Gasteiger partial charge in [0.25, 0.3) is 5.91 Å². The molecule has 0 radical (unpaired) electrons. The van der Waals surface area contributed by atoms with E-state index in [2.05, 4.69) is 17.6 Å². The lowest BCUT2D eigenvalue weighted by Gasteiger charge is -2.12. The third kappa shape index (κ3) is 8.46. The van der Waals surface area contributed by atoms with Gasteiger partial charge in [0.15, 0.2) is 5.11 Å². The van der Waals surface area contributed by atoms with Crippen LogP contribution in [0.1, 0.15) is 30.1 Å². The van der Waals surface area contributed by atoms with Crippen LogP contribution in [0.25, 0.3) is 0 Å². The fourth-order valence-electron chi connectivity index (χ4n) is 2.87. The highest BCUT2D eigenvalue weighted by atomic mass is 32.1. The Morgan fingerprint density at radius 1 is 0.788 bits per heavy atom. The molecule has 33 heavy (non-hydrogen) atoms. The normalized spacial score (nSPS) is 10.2. The summed E-state index contributed by atoms with van der Waals surface area (Å²) in [5, 5.41) is 5.90. The Balaban J connectivity index is 1.43. The van der Waals surface area contributed by atoms with Gasteiger partial charge in [-0.3, -0.25) is 10.1 Å². The lowest BCUT2D eigenvalue weighted by atomic mass is 10.2. The number of hydrogen-bond acceptors (Lipinski definition) is 5. The first kappa shape index (κ1) is 24.1. The zero-order chi connectivity index (χ0) is 23.3. The van der Waals surface area contributed by atoms with Crippen molar-refractivity contribution in [2.75, 3.05) is 25.1 Å². The third-order valence-electron chi connectivity index (χ3n) is 4.57. The van der Waals surface area contributed by atoms with E-state index in [1.165, 1.54) is 0 Å². The van der Waals surface area contributed by atoms with E-state index in [0.29, 0.717) is 36.8 Å². The van der Waals surface area contributed by atoms with E-state index in [9.17, 15) is 4.79 Å². The van der Waals surface area contributed by atoms with E-state index < -0.39 is 0 Å². The van der Waals surface area contributed by atoms with Gasteiger partial charge in [-0.05, 0) is 67.2 Å². The van der Waals surface area contributed by atoms with Crippen LogP contribution >= 0.6 is 12.2 Å². The fraction of sp³-hybridized carbons (Fsp3) is 0.231. The molecule has 0 unspecified atom stereocenters. The highest BCUT2D eigenvalue weighted by Crippen LogP contribution is 2.18. The Hall–Kier alpha value is -3.58. The minimum atomic E-state index is -0.293. The number of rotatable bonds is 11. The van der Waals surface area contributed by atoms with E-state index in [1.54, 1.807) is 24.3 Å². The van der Waals surface area contributed by atoms with Crippen LogP contribution in [0.15, 0.2) is 78.9 Å². The second-order valence-corrected chi connectivity index (χ2v) is 7.58. The lowest BCUT2D eigenvalue weighted by Crippen LogP contribution is -2.34. The molecule has 172 valence electrons. The monoisotopic (exact) mass is 464 g/mol. The van der Waals surface area contributed by atoms with Crippen molar-refractivity contribution in [2.24, 2.45) is 0 Å². The molecule has 0 bridgehead atoms. The molecule has 6 nitrogen and oxygen atoms in total. The summed E-state index contributed by atoms with van der Waals surface area (Å²) in [6, 6.07) is 23.9. The van der Waals surface area contributed by atoms with Crippen molar-refractivity contribution in [3.8, 4) is 17.2 Å². The van der Waals surface area contributed by atoms with Gasteiger partial charge < -0.3 is 19.5 Å². The zero-order valence-electron chi connectivity index (χ0n) is 18.6. The number of anilines is 1. The van der Waals surface area contributed by atoms with Crippen molar-refractivity contribution in [3.63, 3.8) is 0 Å². The van der Waals surface area contributed by atoms with Gasteiger partial charge in [-0.2, -0.15) is 0 Å². The number of nitrogens with one attached hydrogen (secondary N) is 2. The summed E-state index contributed by atoms with van der Waals surface area (Å²) in [5.74, 6) is 1.92. The number of para-hydroxylation sites is 1. The van der Waals surface area contributed by atoms with Crippen molar-refractivity contribution >= 4 is 28.9 Å². The molecule has 7 heteroatoms. The number of unbranched alkanes of at least 4 members (excludes halogenated alkanes) is 1. The molecule has 1 amide bonds. The molecule has 0 spiro atoms. The van der Waals surface area contributed by atoms with Crippen LogP contribution in [-0.4, -0.2) is 30.8 Å². The van der Waals surface area contributed by atoms with Crippen LogP contribution in [0.2, 0.25) is 0 Å². The molecule has 2 N–H and O–H groups in total. The van der Waals surface area contributed by atoms with Gasteiger partial charge in [0.05, 0.1) is 6.61 Å². The van der Waals surface area contributed by atoms with Crippen LogP contribution in [0, 0.1) is 0 Å². The predicted molar refractivity (Wildman–Crippen MR) is 134 cm³/mol. The summed E-state index contributed by atoms with van der Waals surface area (Å²) in [7, 11) is 0. The van der Waals surface area contributed by atoms with E-state index in [4.69, 9.17) is 26.4 Å². The Morgan fingerprint density at radius 3 is 2.15 bits per heavy atom. The molecular weight excluding hydrogens is 436 g/mol. The molecule has 3 aromatic carbocycles. The van der Waals surface area contributed by atoms with Gasteiger partial charge in [-0.1, -0.05) is 37.6 Å². The summed E-state index contributed by atoms with van der Waals surface area (Å²) in [4.78, 5) is 12.5. The van der Waals surface area contributed by atoms with Crippen LogP contribution in [-0.2, 0) is 0 Å². The van der Waals surface area contributed by atoms with Crippen LogP contribution in [0.5, 0.6) is 17.2 Å². The maximum absolute atomic E-state index is 12.5. The van der Waals surface area contributed by atoms with Gasteiger partial charge in [0.2, 0.25) is 0 Å². The smallest absolute Gasteiger partial charge is 0.257 e. The molecule has 0 heterocycles. The van der Waals surface area contributed by atoms with Crippen molar-refractivity contribution in [2.45, 2.75) is 19.8 Å². The summed E-state index contributed by atoms with van der Waals surface area (Å²) in [5.41, 5.74) is 1.21. The molecule has 0 aromatic heterocycles. The SMILES string of the molecule is CCCCOc1ccc(C(=O)NC(=S)Nc2cccc(OCCOc3ccccc3)c2)cc1. The molecule has 0 aliphatic carbocycles. The first-order valence-electron chi connectivity index (χ1n) is 10.9. The lowest BCUT2D eigenvalue weighted by molar-refractivity contribution is 0.0977. The standard InChI is InChI=1S/C26H28N2O4S/c1-2-3-16-30-23-14-12-20(13-15-23)25(29)28-26(33)27-21-8-7-11-24(19-21)32-18-17-31-22-9-5-4-6-10-22/h4-15,19H,2-3,16-18H2,1H3,(H2,27,28,29,33). The first-order chi connectivity index (χ1) is 16.1. The molecule has 0 saturated carbocycles. The number of carbonyl (C=O) groups excluding carboxylic acids is 1. The molecule has 3 rings (SSSR count). The third-order valence-corrected chi connectivity index (χ3v) is 4.77. The van der Waals surface area contributed by atoms with Gasteiger partial charge in [-0.25, -0.2) is 0 Å². The van der Waals surface area contributed by atoms with E-state index >= 15 is 0 Å². The number of carbonyl (C=O) groups is 1. The van der Waals surface area contributed by atoms with E-state index in [1.807, 2.05) is 54.6 Å². The summed E-state index contributed by atoms with van der Waals surface area (Å²) >= 11 is 5.28. The summed E-state index contributed by atoms with van der Waals surface area (Å²) in [6.07, 6.45) is 2.07. The summed E-state index contributed by atoms with van der Waals surface area (Å²) in [6.45, 7) is 3.61. The maximum Gasteiger partial charge on any atom is 0.257 e. The Labute approximate surface area is 199 Å². The van der Waals surface area contributed by atoms with Gasteiger partial charge in [-0.15, -0.1) is 0 Å². The maximum atomic E-state index is 12.5. The Kier molecular flexibility index (Phi) is 9.54. The molecule has 0 aliphatic rings. The van der Waals surface area contributed by atoms with Crippen molar-refractivity contribution in [1.29, 1.82) is 0 Å². The number of thiocarbonyl (C=S) groups is 1. The quantitative estimate of drug-likeness (QED) is 0.291. The molecule has 0 atom stereocenters. The number of amides is 1. The Bertz CT molecular complexity index is 1030. The van der Waals surface area contributed by atoms with Crippen molar-refractivity contribution in [3.05, 3.63) is 84.4 Å². The minimum absolute atomic E-state index is 0.202. The largest absolute Gasteiger partial charge is 0.494 e. The van der Waals surface area contributed by atoms with E-state index in [-0.39, 0.29) is 11.0 Å². The highest BCUT2D eigenvalue weighted by Gasteiger charge is 2.09.